The molecule has 1 aromatic rings. The van der Waals surface area contributed by atoms with Gasteiger partial charge in [-0.3, -0.25) is 0 Å². The molecule has 0 bridgehead atoms. The van der Waals surface area contributed by atoms with E-state index < -0.39 is 0 Å². The van der Waals surface area contributed by atoms with Crippen LogP contribution in [-0.2, 0) is 0 Å². The van der Waals surface area contributed by atoms with Crippen molar-refractivity contribution in [2.24, 2.45) is 5.92 Å². The van der Waals surface area contributed by atoms with Gasteiger partial charge in [0.15, 0.2) is 0 Å². The highest BCUT2D eigenvalue weighted by Crippen LogP contribution is 2.40. The third kappa shape index (κ3) is 3.33. The van der Waals surface area contributed by atoms with E-state index in [1.807, 2.05) is 18.2 Å². The summed E-state index contributed by atoms with van der Waals surface area (Å²) >= 11 is 0. The van der Waals surface area contributed by atoms with Crippen molar-refractivity contribution in [3.05, 3.63) is 29.8 Å². The average molecular weight is 277 g/mol. The highest BCUT2D eigenvalue weighted by atomic mass is 16.5. The molecule has 0 amide bonds. The highest BCUT2D eigenvalue weighted by molar-refractivity contribution is 5.35. The summed E-state index contributed by atoms with van der Waals surface area (Å²) in [7, 11) is 0. The van der Waals surface area contributed by atoms with E-state index in [1.165, 1.54) is 18.4 Å². The molecule has 0 radical (unpaired) electrons. The van der Waals surface area contributed by atoms with Gasteiger partial charge in [-0.25, -0.2) is 0 Å². The van der Waals surface area contributed by atoms with Crippen molar-refractivity contribution in [1.82, 2.24) is 5.32 Å². The topological polar surface area (TPSA) is 41.5 Å². The monoisotopic (exact) mass is 277 g/mol. The lowest BCUT2D eigenvalue weighted by atomic mass is 9.95. The van der Waals surface area contributed by atoms with Gasteiger partial charge >= 0.3 is 0 Å². The summed E-state index contributed by atoms with van der Waals surface area (Å²) in [5, 5.41) is 13.3. The second kappa shape index (κ2) is 6.59. The minimum absolute atomic E-state index is 0.134. The van der Waals surface area contributed by atoms with Crippen LogP contribution in [0.4, 0.5) is 0 Å². The third-order valence-electron chi connectivity index (χ3n) is 4.20. The number of hydrogen-bond acceptors (Lipinski definition) is 3. The molecule has 1 aromatic carbocycles. The van der Waals surface area contributed by atoms with Gasteiger partial charge in [0.1, 0.15) is 12.4 Å². The van der Waals surface area contributed by atoms with E-state index in [0.717, 1.165) is 12.3 Å². The molecule has 3 nitrogen and oxygen atoms in total. The van der Waals surface area contributed by atoms with Crippen molar-refractivity contribution in [3.8, 4) is 5.75 Å². The number of ether oxygens (including phenoxy) is 1. The van der Waals surface area contributed by atoms with Crippen molar-refractivity contribution in [1.29, 1.82) is 0 Å². The number of benzene rings is 1. The Morgan fingerprint density at radius 2 is 2.05 bits per heavy atom. The lowest BCUT2D eigenvalue weighted by Gasteiger charge is -2.33. The Labute approximate surface area is 122 Å². The van der Waals surface area contributed by atoms with Gasteiger partial charge in [-0.05, 0) is 42.9 Å². The van der Waals surface area contributed by atoms with E-state index >= 15 is 0 Å². The smallest absolute Gasteiger partial charge is 0.122 e. The van der Waals surface area contributed by atoms with Gasteiger partial charge in [0.25, 0.3) is 0 Å². The number of aliphatic hydroxyl groups is 1. The maximum absolute atomic E-state index is 9.83. The lowest BCUT2D eigenvalue weighted by molar-refractivity contribution is 0.0859. The molecule has 0 spiro atoms. The molecule has 1 aliphatic carbocycles. The molecule has 0 heterocycles. The number of nitrogens with one attached hydrogen (secondary N) is 1. The normalized spacial score (nSPS) is 18.1. The van der Waals surface area contributed by atoms with Crippen LogP contribution in [0.25, 0.3) is 0 Å². The number of hydrogen-bond donors (Lipinski definition) is 2. The zero-order valence-electron chi connectivity index (χ0n) is 12.9. The summed E-state index contributed by atoms with van der Waals surface area (Å²) in [4.78, 5) is 0. The fourth-order valence-corrected chi connectivity index (χ4v) is 2.83. The number of para-hydroxylation sites is 1. The van der Waals surface area contributed by atoms with Crippen LogP contribution in [-0.4, -0.2) is 30.4 Å². The predicted molar refractivity (Wildman–Crippen MR) is 82.2 cm³/mol. The predicted octanol–water partition coefficient (Wildman–Crippen LogP) is 2.94. The van der Waals surface area contributed by atoms with Crippen molar-refractivity contribution in [2.45, 2.75) is 45.1 Å². The quantitative estimate of drug-likeness (QED) is 0.767. The molecule has 112 valence electrons. The Kier molecular flexibility index (Phi) is 5.06. The first-order valence-corrected chi connectivity index (χ1v) is 7.70. The summed E-state index contributed by atoms with van der Waals surface area (Å²) in [6.45, 7) is 7.95. The van der Waals surface area contributed by atoms with Gasteiger partial charge in [-0.1, -0.05) is 39.0 Å². The first-order valence-electron chi connectivity index (χ1n) is 7.70. The van der Waals surface area contributed by atoms with Crippen molar-refractivity contribution in [3.63, 3.8) is 0 Å². The Morgan fingerprint density at radius 1 is 1.35 bits per heavy atom. The molecule has 3 heteroatoms. The molecule has 2 rings (SSSR count). The first-order chi connectivity index (χ1) is 9.63. The van der Waals surface area contributed by atoms with Crippen LogP contribution in [0.15, 0.2) is 24.3 Å². The second-order valence-electron chi connectivity index (χ2n) is 6.10. The zero-order valence-corrected chi connectivity index (χ0v) is 12.9. The molecule has 0 aromatic heterocycles. The molecule has 1 unspecified atom stereocenters. The Morgan fingerprint density at radius 3 is 2.60 bits per heavy atom. The minimum atomic E-state index is -0.279. The van der Waals surface area contributed by atoms with E-state index in [-0.39, 0.29) is 12.1 Å². The van der Waals surface area contributed by atoms with Gasteiger partial charge in [0.05, 0.1) is 12.1 Å². The molecule has 1 fully saturated rings. The first kappa shape index (κ1) is 15.3. The summed E-state index contributed by atoms with van der Waals surface area (Å²) in [6, 6.07) is 8.19. The van der Waals surface area contributed by atoms with Gasteiger partial charge in [0.2, 0.25) is 0 Å². The Balaban J connectivity index is 2.09. The van der Waals surface area contributed by atoms with E-state index in [2.05, 4.69) is 32.2 Å². The molecule has 1 atom stereocenters. The minimum Gasteiger partial charge on any atom is -0.491 e. The maximum atomic E-state index is 9.83. The molecule has 1 aliphatic rings. The van der Waals surface area contributed by atoms with Crippen LogP contribution in [0.1, 0.15) is 45.1 Å². The third-order valence-corrected chi connectivity index (χ3v) is 4.20. The fourth-order valence-electron chi connectivity index (χ4n) is 2.83. The summed E-state index contributed by atoms with van der Waals surface area (Å²) in [5.41, 5.74) is 0.949. The summed E-state index contributed by atoms with van der Waals surface area (Å²) in [5.74, 6) is 1.92. The molecule has 0 saturated heterocycles. The van der Waals surface area contributed by atoms with Gasteiger partial charge < -0.3 is 15.2 Å². The number of rotatable bonds is 8. The van der Waals surface area contributed by atoms with E-state index in [1.54, 1.807) is 0 Å². The average Bonchev–Trinajstić information content (AvgIpc) is 3.29. The standard InChI is InChI=1S/C17H27NO2/c1-4-18-17(11-19,14-9-10-14)12-20-16-8-6-5-7-15(16)13(2)3/h5-8,13-14,18-19H,4,9-12H2,1-3H3. The van der Waals surface area contributed by atoms with Crippen LogP contribution in [0, 0.1) is 5.92 Å². The Hall–Kier alpha value is -1.06. The van der Waals surface area contributed by atoms with Crippen molar-refractivity contribution >= 4 is 0 Å². The maximum Gasteiger partial charge on any atom is 0.122 e. The SMILES string of the molecule is CCNC(CO)(COc1ccccc1C(C)C)C1CC1. The fraction of sp³-hybridized carbons (Fsp3) is 0.647. The largest absolute Gasteiger partial charge is 0.491 e. The van der Waals surface area contributed by atoms with Crippen LogP contribution in [0.2, 0.25) is 0 Å². The summed E-state index contributed by atoms with van der Waals surface area (Å²) in [6.07, 6.45) is 2.37. The molecule has 0 aliphatic heterocycles. The van der Waals surface area contributed by atoms with Gasteiger partial charge in [0, 0.05) is 0 Å². The number of likely N-dealkylation sites (N-methyl/N-ethyl adjacent to an activating group) is 1. The Bertz CT molecular complexity index is 429. The molecule has 2 N–H and O–H groups in total. The highest BCUT2D eigenvalue weighted by Gasteiger charge is 2.45. The van der Waals surface area contributed by atoms with Crippen molar-refractivity contribution < 1.29 is 9.84 Å². The van der Waals surface area contributed by atoms with Gasteiger partial charge in [-0.15, -0.1) is 0 Å². The summed E-state index contributed by atoms with van der Waals surface area (Å²) < 4.78 is 6.09. The van der Waals surface area contributed by atoms with Crippen LogP contribution in [0.3, 0.4) is 0 Å². The lowest BCUT2D eigenvalue weighted by Crippen LogP contribution is -2.55. The molecular formula is C17H27NO2. The van der Waals surface area contributed by atoms with Crippen LogP contribution < -0.4 is 10.1 Å². The van der Waals surface area contributed by atoms with Crippen LogP contribution in [0.5, 0.6) is 5.75 Å². The van der Waals surface area contributed by atoms with E-state index in [0.29, 0.717) is 18.4 Å². The second-order valence-corrected chi connectivity index (χ2v) is 6.10. The van der Waals surface area contributed by atoms with E-state index in [9.17, 15) is 5.11 Å². The van der Waals surface area contributed by atoms with Gasteiger partial charge in [-0.2, -0.15) is 0 Å². The molecular weight excluding hydrogens is 250 g/mol. The zero-order chi connectivity index (χ0) is 14.6. The van der Waals surface area contributed by atoms with E-state index in [4.69, 9.17) is 4.74 Å². The van der Waals surface area contributed by atoms with Crippen LogP contribution >= 0.6 is 0 Å². The molecule has 20 heavy (non-hydrogen) atoms. The number of aliphatic hydroxyl groups excluding tert-OH is 1. The molecule has 1 saturated carbocycles. The van der Waals surface area contributed by atoms with Crippen molar-refractivity contribution in [2.75, 3.05) is 19.8 Å².